The number of carbonyl (C=O) groups is 2. The SMILES string of the molecule is CC(C)(C)CN1Cc2c(cc(Cl)c3[nH]ncc23)C[C@@H](CC=O)C1=O.CCl.CN1CCC(c2ccc(Cl)cc2)CC1. The summed E-state index contributed by atoms with van der Waals surface area (Å²) in [5.74, 6) is 0.455. The number of carbonyl (C=O) groups excluding carboxylic acids is 2. The van der Waals surface area contributed by atoms with Crippen LogP contribution in [0, 0.1) is 11.3 Å². The van der Waals surface area contributed by atoms with Gasteiger partial charge in [0, 0.05) is 42.2 Å². The third-order valence-electron chi connectivity index (χ3n) is 7.47. The quantitative estimate of drug-likeness (QED) is 0.249. The summed E-state index contributed by atoms with van der Waals surface area (Å²) in [5.41, 5.74) is 4.34. The lowest BCUT2D eigenvalue weighted by Gasteiger charge is -2.31. The second-order valence-electron chi connectivity index (χ2n) is 11.8. The largest absolute Gasteiger partial charge is 0.338 e. The van der Waals surface area contributed by atoms with Gasteiger partial charge >= 0.3 is 0 Å². The molecule has 0 bridgehead atoms. The van der Waals surface area contributed by atoms with Crippen LogP contribution in [0.4, 0.5) is 0 Å². The summed E-state index contributed by atoms with van der Waals surface area (Å²) < 4.78 is 0. The molecule has 0 spiro atoms. The molecule has 9 heteroatoms. The number of amides is 1. The molecule has 1 N–H and O–H groups in total. The maximum atomic E-state index is 13.0. The van der Waals surface area contributed by atoms with Crippen LogP contribution < -0.4 is 0 Å². The molecule has 6 nitrogen and oxygen atoms in total. The van der Waals surface area contributed by atoms with Crippen LogP contribution in [0.2, 0.25) is 10.0 Å². The molecule has 40 heavy (non-hydrogen) atoms. The minimum absolute atomic E-state index is 0.0200. The summed E-state index contributed by atoms with van der Waals surface area (Å²) in [7, 11) is 2.19. The first-order valence-electron chi connectivity index (χ1n) is 13.7. The fourth-order valence-corrected chi connectivity index (χ4v) is 5.92. The maximum Gasteiger partial charge on any atom is 0.226 e. The van der Waals surface area contributed by atoms with Gasteiger partial charge in [-0.25, -0.2) is 0 Å². The summed E-state index contributed by atoms with van der Waals surface area (Å²) in [6.07, 6.45) is 7.39. The van der Waals surface area contributed by atoms with E-state index in [0.717, 1.165) is 39.3 Å². The van der Waals surface area contributed by atoms with Crippen molar-refractivity contribution in [1.29, 1.82) is 0 Å². The van der Waals surface area contributed by atoms with Gasteiger partial charge in [-0.15, -0.1) is 11.6 Å². The van der Waals surface area contributed by atoms with Crippen LogP contribution in [0.1, 0.15) is 62.6 Å². The normalized spacial score (nSPS) is 18.2. The molecular weight excluding hydrogens is 567 g/mol. The van der Waals surface area contributed by atoms with Gasteiger partial charge in [-0.3, -0.25) is 9.89 Å². The summed E-state index contributed by atoms with van der Waals surface area (Å²) >= 11 is 16.9. The number of nitrogens with zero attached hydrogens (tertiary/aromatic N) is 3. The Morgan fingerprint density at radius 1 is 1.10 bits per heavy atom. The predicted molar refractivity (Wildman–Crippen MR) is 167 cm³/mol. The first kappa shape index (κ1) is 32.4. The number of H-pyrrole nitrogens is 1. The lowest BCUT2D eigenvalue weighted by Crippen LogP contribution is -2.40. The number of aldehydes is 1. The molecule has 0 aliphatic carbocycles. The molecule has 0 saturated carbocycles. The van der Waals surface area contributed by atoms with Gasteiger partial charge in [-0.05, 0) is 85.6 Å². The minimum Gasteiger partial charge on any atom is -0.338 e. The van der Waals surface area contributed by atoms with Gasteiger partial charge in [0.15, 0.2) is 0 Å². The van der Waals surface area contributed by atoms with Crippen molar-refractivity contribution in [3.05, 3.63) is 63.3 Å². The average Bonchev–Trinajstić information content (AvgIpc) is 3.38. The van der Waals surface area contributed by atoms with Crippen molar-refractivity contribution in [2.24, 2.45) is 11.3 Å². The van der Waals surface area contributed by atoms with Gasteiger partial charge in [-0.1, -0.05) is 56.1 Å². The Hall–Kier alpha value is -2.12. The highest BCUT2D eigenvalue weighted by molar-refractivity contribution is 6.35. The van der Waals surface area contributed by atoms with E-state index in [-0.39, 0.29) is 23.7 Å². The molecule has 3 aromatic rings. The fraction of sp³-hybridized carbons (Fsp3) is 0.516. The zero-order chi connectivity index (χ0) is 29.4. The molecule has 3 heterocycles. The van der Waals surface area contributed by atoms with Crippen LogP contribution in [-0.4, -0.2) is 65.3 Å². The summed E-state index contributed by atoms with van der Waals surface area (Å²) in [5, 5.41) is 9.42. The summed E-state index contributed by atoms with van der Waals surface area (Å²) in [6.45, 7) is 9.92. The van der Waals surface area contributed by atoms with Gasteiger partial charge in [-0.2, -0.15) is 5.10 Å². The Bertz CT molecular complexity index is 1260. The molecule has 0 unspecified atom stereocenters. The zero-order valence-electron chi connectivity index (χ0n) is 24.1. The van der Waals surface area contributed by atoms with Crippen LogP contribution in [0.5, 0.6) is 0 Å². The number of alkyl halides is 1. The minimum atomic E-state index is -0.327. The van der Waals surface area contributed by atoms with Crippen LogP contribution in [0.15, 0.2) is 36.5 Å². The smallest absolute Gasteiger partial charge is 0.226 e. The standard InChI is InChI=1S/C18H22ClN3O2.C12H16ClN.CH3Cl/c1-18(2,3)10-22-9-14-12(6-11(4-5-23)17(22)24)7-15(19)16-13(14)8-20-21-16;1-14-8-6-11(7-9-14)10-2-4-12(13)5-3-10;1-2/h5,7-8,11H,4,6,9-10H2,1-3H3,(H,20,21);2-5,11H,6-9H2,1H3;1H3/t11-;;/m1../s1. The van der Waals surface area contributed by atoms with Gasteiger partial charge in [0.1, 0.15) is 6.29 Å². The highest BCUT2D eigenvalue weighted by atomic mass is 35.5. The fourth-order valence-electron chi connectivity index (χ4n) is 5.51. The molecule has 2 aliphatic rings. The topological polar surface area (TPSA) is 69.3 Å². The van der Waals surface area contributed by atoms with Crippen molar-refractivity contribution >= 4 is 57.9 Å². The first-order chi connectivity index (χ1) is 19.1. The first-order valence-corrected chi connectivity index (χ1v) is 15.2. The molecule has 1 amide bonds. The molecule has 1 fully saturated rings. The number of fused-ring (bicyclic) bond motifs is 3. The molecule has 0 radical (unpaired) electrons. The van der Waals surface area contributed by atoms with Gasteiger partial charge in [0.2, 0.25) is 5.91 Å². The number of rotatable bonds is 4. The van der Waals surface area contributed by atoms with Crippen molar-refractivity contribution in [3.63, 3.8) is 0 Å². The lowest BCUT2D eigenvalue weighted by atomic mass is 9.90. The number of hydrogen-bond acceptors (Lipinski definition) is 4. The van der Waals surface area contributed by atoms with E-state index >= 15 is 0 Å². The highest BCUT2D eigenvalue weighted by Crippen LogP contribution is 2.35. The van der Waals surface area contributed by atoms with E-state index in [1.54, 1.807) is 6.20 Å². The molecule has 1 atom stereocenters. The number of piperidine rings is 1. The van der Waals surface area contributed by atoms with E-state index in [4.69, 9.17) is 23.2 Å². The zero-order valence-corrected chi connectivity index (χ0v) is 26.4. The predicted octanol–water partition coefficient (Wildman–Crippen LogP) is 7.36. The molecule has 2 aliphatic heterocycles. The molecule has 1 saturated heterocycles. The molecular formula is C31H41Cl3N4O2. The van der Waals surface area contributed by atoms with Crippen molar-refractivity contribution < 1.29 is 9.59 Å². The highest BCUT2D eigenvalue weighted by Gasteiger charge is 2.32. The van der Waals surface area contributed by atoms with Crippen LogP contribution in [0.3, 0.4) is 0 Å². The van der Waals surface area contributed by atoms with Crippen molar-refractivity contribution in [3.8, 4) is 0 Å². The maximum absolute atomic E-state index is 13.0. The number of halogens is 3. The number of aromatic amines is 1. The lowest BCUT2D eigenvalue weighted by molar-refractivity contribution is -0.138. The van der Waals surface area contributed by atoms with E-state index in [2.05, 4.69) is 66.6 Å². The van der Waals surface area contributed by atoms with Gasteiger partial charge < -0.3 is 14.6 Å². The number of hydrogen-bond donors (Lipinski definition) is 1. The van der Waals surface area contributed by atoms with Gasteiger partial charge in [0.25, 0.3) is 0 Å². The second-order valence-corrected chi connectivity index (χ2v) is 12.7. The number of likely N-dealkylation sites (tertiary alicyclic amines) is 1. The number of nitrogens with one attached hydrogen (secondary N) is 1. The van der Waals surface area contributed by atoms with E-state index in [9.17, 15) is 9.59 Å². The van der Waals surface area contributed by atoms with Gasteiger partial charge in [0.05, 0.1) is 16.7 Å². The van der Waals surface area contributed by atoms with Crippen LogP contribution >= 0.6 is 34.8 Å². The van der Waals surface area contributed by atoms with Crippen LogP contribution in [0.25, 0.3) is 10.9 Å². The van der Waals surface area contributed by atoms with E-state index in [0.29, 0.717) is 24.5 Å². The molecule has 5 rings (SSSR count). The van der Waals surface area contributed by atoms with E-state index in [1.807, 2.05) is 23.1 Å². The monoisotopic (exact) mass is 606 g/mol. The average molecular weight is 608 g/mol. The molecule has 2 aromatic carbocycles. The Balaban J connectivity index is 0.000000234. The Morgan fingerprint density at radius 3 is 2.35 bits per heavy atom. The van der Waals surface area contributed by atoms with Crippen molar-refractivity contribution in [2.45, 2.75) is 58.9 Å². The number of benzene rings is 2. The Kier molecular flexibility index (Phi) is 11.9. The summed E-state index contributed by atoms with van der Waals surface area (Å²) in [6, 6.07) is 10.2. The Morgan fingerprint density at radius 2 is 1.75 bits per heavy atom. The van der Waals surface area contributed by atoms with E-state index in [1.165, 1.54) is 37.9 Å². The van der Waals surface area contributed by atoms with Crippen LogP contribution in [-0.2, 0) is 22.6 Å². The Labute approximate surface area is 253 Å². The molecule has 218 valence electrons. The third-order valence-corrected chi connectivity index (χ3v) is 8.02. The van der Waals surface area contributed by atoms with Crippen molar-refractivity contribution in [1.82, 2.24) is 20.0 Å². The van der Waals surface area contributed by atoms with E-state index < -0.39 is 0 Å². The summed E-state index contributed by atoms with van der Waals surface area (Å²) in [4.78, 5) is 28.3. The molecule has 1 aromatic heterocycles. The van der Waals surface area contributed by atoms with Crippen molar-refractivity contribution in [2.75, 3.05) is 33.1 Å². The second kappa shape index (κ2) is 14.7. The number of aromatic nitrogens is 2. The third kappa shape index (κ3) is 8.45.